The van der Waals surface area contributed by atoms with E-state index >= 15 is 0 Å². The van der Waals surface area contributed by atoms with Gasteiger partial charge in [0.15, 0.2) is 0 Å². The van der Waals surface area contributed by atoms with Crippen molar-refractivity contribution in [3.63, 3.8) is 0 Å². The fraction of sp³-hybridized carbons (Fsp3) is 0.727. The van der Waals surface area contributed by atoms with Crippen molar-refractivity contribution in [1.82, 2.24) is 10.6 Å². The SMILES string of the molecule is CCC(NC(=O)NC(CCOC)C(=O)O)C(=O)OC. The van der Waals surface area contributed by atoms with Gasteiger partial charge in [-0.05, 0) is 6.42 Å². The van der Waals surface area contributed by atoms with E-state index in [4.69, 9.17) is 9.84 Å². The number of carbonyl (C=O) groups excluding carboxylic acids is 2. The van der Waals surface area contributed by atoms with Gasteiger partial charge in [-0.25, -0.2) is 14.4 Å². The van der Waals surface area contributed by atoms with Crippen LogP contribution in [-0.4, -0.2) is 56.0 Å². The Morgan fingerprint density at radius 3 is 2.16 bits per heavy atom. The minimum Gasteiger partial charge on any atom is -0.480 e. The Morgan fingerprint density at radius 2 is 1.74 bits per heavy atom. The van der Waals surface area contributed by atoms with E-state index in [0.29, 0.717) is 6.42 Å². The average molecular weight is 276 g/mol. The van der Waals surface area contributed by atoms with Crippen molar-refractivity contribution in [3.05, 3.63) is 0 Å². The fourth-order valence-corrected chi connectivity index (χ4v) is 1.32. The maximum atomic E-state index is 11.6. The highest BCUT2D eigenvalue weighted by Gasteiger charge is 2.23. The molecule has 0 radical (unpaired) electrons. The van der Waals surface area contributed by atoms with Crippen molar-refractivity contribution in [2.75, 3.05) is 20.8 Å². The largest absolute Gasteiger partial charge is 0.480 e. The smallest absolute Gasteiger partial charge is 0.328 e. The first-order chi connectivity index (χ1) is 8.96. The molecule has 0 saturated carbocycles. The van der Waals surface area contributed by atoms with Gasteiger partial charge >= 0.3 is 18.0 Å². The van der Waals surface area contributed by atoms with Crippen LogP contribution in [0.2, 0.25) is 0 Å². The van der Waals surface area contributed by atoms with Crippen molar-refractivity contribution in [2.45, 2.75) is 31.8 Å². The molecule has 0 aromatic heterocycles. The number of methoxy groups -OCH3 is 2. The van der Waals surface area contributed by atoms with Gasteiger partial charge in [0.05, 0.1) is 7.11 Å². The molecule has 0 aliphatic heterocycles. The number of aliphatic carboxylic acids is 1. The molecule has 19 heavy (non-hydrogen) atoms. The van der Waals surface area contributed by atoms with E-state index in [9.17, 15) is 14.4 Å². The lowest BCUT2D eigenvalue weighted by Crippen LogP contribution is -2.51. The summed E-state index contributed by atoms with van der Waals surface area (Å²) in [5.41, 5.74) is 0. The lowest BCUT2D eigenvalue weighted by molar-refractivity contribution is -0.142. The molecule has 0 rings (SSSR count). The molecule has 0 aromatic rings. The zero-order chi connectivity index (χ0) is 14.8. The number of carbonyl (C=O) groups is 3. The van der Waals surface area contributed by atoms with Gasteiger partial charge in [-0.1, -0.05) is 6.92 Å². The van der Waals surface area contributed by atoms with E-state index in [0.717, 1.165) is 0 Å². The summed E-state index contributed by atoms with van der Waals surface area (Å²) in [5, 5.41) is 13.5. The molecule has 0 saturated heterocycles. The van der Waals surface area contributed by atoms with E-state index in [-0.39, 0.29) is 13.0 Å². The van der Waals surface area contributed by atoms with Gasteiger partial charge in [0.25, 0.3) is 0 Å². The number of hydrogen-bond acceptors (Lipinski definition) is 5. The minimum atomic E-state index is -1.17. The molecule has 8 nitrogen and oxygen atoms in total. The second kappa shape index (κ2) is 9.15. The summed E-state index contributed by atoms with van der Waals surface area (Å²) in [6.45, 7) is 1.90. The van der Waals surface area contributed by atoms with Gasteiger partial charge in [0, 0.05) is 20.1 Å². The Morgan fingerprint density at radius 1 is 1.16 bits per heavy atom. The molecule has 0 heterocycles. The highest BCUT2D eigenvalue weighted by atomic mass is 16.5. The first-order valence-corrected chi connectivity index (χ1v) is 5.82. The van der Waals surface area contributed by atoms with E-state index in [2.05, 4.69) is 15.4 Å². The summed E-state index contributed by atoms with van der Waals surface area (Å²) in [7, 11) is 2.65. The summed E-state index contributed by atoms with van der Waals surface area (Å²) < 4.78 is 9.26. The number of ether oxygens (including phenoxy) is 2. The monoisotopic (exact) mass is 276 g/mol. The number of carboxylic acids is 1. The summed E-state index contributed by atoms with van der Waals surface area (Å²) in [6, 6.07) is -2.61. The first kappa shape index (κ1) is 17.2. The van der Waals surface area contributed by atoms with Crippen LogP contribution in [0.3, 0.4) is 0 Å². The van der Waals surface area contributed by atoms with Crippen LogP contribution in [0.15, 0.2) is 0 Å². The fourth-order valence-electron chi connectivity index (χ4n) is 1.32. The molecule has 0 fully saturated rings. The number of carboxylic acid groups (broad SMARTS) is 1. The van der Waals surface area contributed by atoms with Crippen molar-refractivity contribution in [1.29, 1.82) is 0 Å². The van der Waals surface area contributed by atoms with E-state index in [1.165, 1.54) is 14.2 Å². The maximum Gasteiger partial charge on any atom is 0.328 e. The van der Waals surface area contributed by atoms with Gasteiger partial charge in [-0.3, -0.25) is 0 Å². The summed E-state index contributed by atoms with van der Waals surface area (Å²) in [5.74, 6) is -1.75. The van der Waals surface area contributed by atoms with E-state index in [1.807, 2.05) is 0 Å². The summed E-state index contributed by atoms with van der Waals surface area (Å²) in [6.07, 6.45) is 0.476. The Bertz CT molecular complexity index is 320. The molecular formula is C11H20N2O6. The molecule has 2 atom stereocenters. The van der Waals surface area contributed by atoms with Crippen LogP contribution >= 0.6 is 0 Å². The number of rotatable bonds is 8. The van der Waals surface area contributed by atoms with E-state index < -0.39 is 30.1 Å². The quantitative estimate of drug-likeness (QED) is 0.526. The van der Waals surface area contributed by atoms with Crippen LogP contribution in [0.1, 0.15) is 19.8 Å². The van der Waals surface area contributed by atoms with Gasteiger partial charge in [-0.2, -0.15) is 0 Å². The number of urea groups is 1. The zero-order valence-electron chi connectivity index (χ0n) is 11.3. The third-order valence-corrected chi connectivity index (χ3v) is 2.41. The Balaban J connectivity index is 4.39. The second-order valence-electron chi connectivity index (χ2n) is 3.77. The number of nitrogens with one attached hydrogen (secondary N) is 2. The standard InChI is InChI=1S/C11H20N2O6/c1-4-7(10(16)19-3)12-11(17)13-8(9(14)15)5-6-18-2/h7-8H,4-6H2,1-3H3,(H,14,15)(H2,12,13,17). The minimum absolute atomic E-state index is 0.133. The van der Waals surface area contributed by atoms with Crippen LogP contribution in [0.25, 0.3) is 0 Å². The molecule has 2 amide bonds. The predicted molar refractivity (Wildman–Crippen MR) is 65.7 cm³/mol. The molecule has 0 aliphatic rings. The highest BCUT2D eigenvalue weighted by Crippen LogP contribution is 1.96. The van der Waals surface area contributed by atoms with Crippen molar-refractivity contribution >= 4 is 18.0 Å². The second-order valence-corrected chi connectivity index (χ2v) is 3.77. The van der Waals surface area contributed by atoms with Crippen LogP contribution in [-0.2, 0) is 19.1 Å². The molecule has 0 spiro atoms. The average Bonchev–Trinajstić information content (AvgIpc) is 2.39. The molecule has 0 aromatic carbocycles. The highest BCUT2D eigenvalue weighted by molar-refractivity contribution is 5.86. The van der Waals surface area contributed by atoms with Crippen LogP contribution < -0.4 is 10.6 Å². The van der Waals surface area contributed by atoms with Crippen molar-refractivity contribution in [2.24, 2.45) is 0 Å². The summed E-state index contributed by atoms with van der Waals surface area (Å²) >= 11 is 0. The zero-order valence-corrected chi connectivity index (χ0v) is 11.3. The van der Waals surface area contributed by atoms with Crippen LogP contribution in [0, 0.1) is 0 Å². The summed E-state index contributed by atoms with van der Waals surface area (Å²) in [4.78, 5) is 33.7. The molecule has 3 N–H and O–H groups in total. The van der Waals surface area contributed by atoms with Crippen molar-refractivity contribution in [3.8, 4) is 0 Å². The topological polar surface area (TPSA) is 114 Å². The maximum absolute atomic E-state index is 11.6. The lowest BCUT2D eigenvalue weighted by Gasteiger charge is -2.18. The molecular weight excluding hydrogens is 256 g/mol. The Hall–Kier alpha value is -1.83. The molecule has 0 aliphatic carbocycles. The predicted octanol–water partition coefficient (Wildman–Crippen LogP) is -0.273. The van der Waals surface area contributed by atoms with E-state index in [1.54, 1.807) is 6.92 Å². The molecule has 0 bridgehead atoms. The third kappa shape index (κ3) is 6.61. The van der Waals surface area contributed by atoms with Crippen molar-refractivity contribution < 1.29 is 29.0 Å². The van der Waals surface area contributed by atoms with Crippen LogP contribution in [0.4, 0.5) is 4.79 Å². The number of amides is 2. The lowest BCUT2D eigenvalue weighted by atomic mass is 10.2. The van der Waals surface area contributed by atoms with Gasteiger partial charge in [0.1, 0.15) is 12.1 Å². The van der Waals surface area contributed by atoms with Crippen LogP contribution in [0.5, 0.6) is 0 Å². The molecule has 8 heteroatoms. The molecule has 2 unspecified atom stereocenters. The third-order valence-electron chi connectivity index (χ3n) is 2.41. The molecule has 110 valence electrons. The Labute approximate surface area is 111 Å². The first-order valence-electron chi connectivity index (χ1n) is 5.82. The van der Waals surface area contributed by atoms with Gasteiger partial charge < -0.3 is 25.2 Å². The van der Waals surface area contributed by atoms with Gasteiger partial charge in [0.2, 0.25) is 0 Å². The Kier molecular flexibility index (Phi) is 8.27. The van der Waals surface area contributed by atoms with Gasteiger partial charge in [-0.15, -0.1) is 0 Å². The number of hydrogen-bond donors (Lipinski definition) is 3. The normalized spacial score (nSPS) is 13.2. The number of esters is 1.